The number of nitrogens with one attached hydrogen (secondary N) is 1. The first-order valence-corrected chi connectivity index (χ1v) is 8.22. The van der Waals surface area contributed by atoms with Crippen molar-refractivity contribution in [3.63, 3.8) is 0 Å². The van der Waals surface area contributed by atoms with Gasteiger partial charge in [0.2, 0.25) is 13.8 Å². The van der Waals surface area contributed by atoms with Crippen LogP contribution in [-0.2, 0) is 9.84 Å². The number of hydrogen-bond donors (Lipinski definition) is 1. The number of nitrogens with zero attached hydrogens (tertiary/aromatic N) is 2. The average molecular weight is 384 g/mol. The molecule has 0 aliphatic heterocycles. The van der Waals surface area contributed by atoms with E-state index in [1.807, 2.05) is 0 Å². The minimum Gasteiger partial charge on any atom is -0.276 e. The monoisotopic (exact) mass is 383 g/mol. The summed E-state index contributed by atoms with van der Waals surface area (Å²) in [4.78, 5) is 10.2. The van der Waals surface area contributed by atoms with Gasteiger partial charge in [0.05, 0.1) is 15.5 Å². The molecule has 1 N–H and O–H groups in total. The number of benzene rings is 2. The van der Waals surface area contributed by atoms with Crippen molar-refractivity contribution in [2.24, 2.45) is 5.10 Å². The highest BCUT2D eigenvalue weighted by molar-refractivity contribution is 9.21. The van der Waals surface area contributed by atoms with E-state index < -0.39 is 14.8 Å². The van der Waals surface area contributed by atoms with Crippen LogP contribution in [0, 0.1) is 10.1 Å². The minimum atomic E-state index is -3.77. The number of anilines is 1. The Morgan fingerprint density at radius 2 is 1.82 bits per heavy atom. The van der Waals surface area contributed by atoms with Gasteiger partial charge >= 0.3 is 0 Å². The summed E-state index contributed by atoms with van der Waals surface area (Å²) in [6.45, 7) is 0. The highest BCUT2D eigenvalue weighted by Crippen LogP contribution is 2.19. The Bertz CT molecular complexity index is 822. The molecule has 0 unspecified atom stereocenters. The van der Waals surface area contributed by atoms with Crippen molar-refractivity contribution >= 4 is 41.1 Å². The van der Waals surface area contributed by atoms with Crippen LogP contribution in [0.4, 0.5) is 11.4 Å². The van der Waals surface area contributed by atoms with Crippen molar-refractivity contribution in [1.82, 2.24) is 0 Å². The lowest BCUT2D eigenvalue weighted by Gasteiger charge is -2.04. The number of hydrogen-bond acceptors (Lipinski definition) is 6. The second-order valence-electron chi connectivity index (χ2n) is 4.10. The molecule has 0 fully saturated rings. The Kier molecular flexibility index (Phi) is 4.88. The molecule has 2 aromatic rings. The molecule has 0 saturated carbocycles. The summed E-state index contributed by atoms with van der Waals surface area (Å²) < 4.78 is 24.1. The zero-order valence-corrected chi connectivity index (χ0v) is 13.4. The predicted octanol–water partition coefficient (Wildman–Crippen LogP) is 3.15. The highest BCUT2D eigenvalue weighted by atomic mass is 79.9. The lowest BCUT2D eigenvalue weighted by molar-refractivity contribution is -0.384. The summed E-state index contributed by atoms with van der Waals surface area (Å²) in [6, 6.07) is 13.4. The molecule has 0 aliphatic rings. The van der Waals surface area contributed by atoms with Crippen LogP contribution in [0.2, 0.25) is 0 Å². The summed E-state index contributed by atoms with van der Waals surface area (Å²) in [7, 11) is -3.77. The number of sulfone groups is 1. The van der Waals surface area contributed by atoms with E-state index in [2.05, 4.69) is 26.5 Å². The number of nitro benzene ring substituents is 1. The molecule has 0 radical (unpaired) electrons. The Balaban J connectivity index is 2.23. The predicted molar refractivity (Wildman–Crippen MR) is 86.7 cm³/mol. The number of hydrazone groups is 1. The standard InChI is InChI=1S/C13H10BrN3O4S/c14-13(22(20,21)12-7-2-1-3-8-12)16-15-10-5-4-6-11(9-10)17(18)19/h1-9,15H/b16-13-. The van der Waals surface area contributed by atoms with Gasteiger partial charge in [-0.1, -0.05) is 24.3 Å². The van der Waals surface area contributed by atoms with Gasteiger partial charge < -0.3 is 0 Å². The summed E-state index contributed by atoms with van der Waals surface area (Å²) >= 11 is 2.91. The summed E-state index contributed by atoms with van der Waals surface area (Å²) in [6.07, 6.45) is 0. The van der Waals surface area contributed by atoms with E-state index in [4.69, 9.17) is 0 Å². The van der Waals surface area contributed by atoms with Gasteiger partial charge in [-0.05, 0) is 34.1 Å². The maximum atomic E-state index is 12.2. The third-order valence-corrected chi connectivity index (χ3v) is 5.49. The first kappa shape index (κ1) is 16.1. The number of non-ortho nitro benzene ring substituents is 1. The fourth-order valence-corrected chi connectivity index (χ4v) is 3.08. The number of nitro groups is 1. The van der Waals surface area contributed by atoms with Gasteiger partial charge in [0.15, 0.2) is 0 Å². The van der Waals surface area contributed by atoms with E-state index in [1.54, 1.807) is 18.2 Å². The van der Waals surface area contributed by atoms with Gasteiger partial charge in [-0.15, -0.1) is 0 Å². The van der Waals surface area contributed by atoms with Gasteiger partial charge in [0.1, 0.15) is 0 Å². The van der Waals surface area contributed by atoms with E-state index >= 15 is 0 Å². The van der Waals surface area contributed by atoms with Crippen molar-refractivity contribution in [2.45, 2.75) is 4.90 Å². The van der Waals surface area contributed by atoms with Crippen molar-refractivity contribution in [3.8, 4) is 0 Å². The fraction of sp³-hybridized carbons (Fsp3) is 0. The van der Waals surface area contributed by atoms with Crippen molar-refractivity contribution < 1.29 is 13.3 Å². The fourth-order valence-electron chi connectivity index (χ4n) is 1.55. The second kappa shape index (κ2) is 6.67. The lowest BCUT2D eigenvalue weighted by Crippen LogP contribution is -2.10. The third kappa shape index (κ3) is 3.68. The van der Waals surface area contributed by atoms with Gasteiger partial charge in [-0.2, -0.15) is 5.10 Å². The van der Waals surface area contributed by atoms with E-state index in [9.17, 15) is 18.5 Å². The Morgan fingerprint density at radius 3 is 2.45 bits per heavy atom. The molecule has 0 aromatic heterocycles. The second-order valence-corrected chi connectivity index (χ2v) is 7.24. The molecule has 22 heavy (non-hydrogen) atoms. The molecule has 0 amide bonds. The zero-order chi connectivity index (χ0) is 16.2. The lowest BCUT2D eigenvalue weighted by atomic mass is 10.3. The van der Waals surface area contributed by atoms with Crippen molar-refractivity contribution in [2.75, 3.05) is 5.43 Å². The summed E-state index contributed by atoms with van der Waals surface area (Å²) in [5.41, 5.74) is 2.65. The summed E-state index contributed by atoms with van der Waals surface area (Å²) in [5, 5.41) is 14.4. The summed E-state index contributed by atoms with van der Waals surface area (Å²) in [5.74, 6) is 0. The maximum Gasteiger partial charge on any atom is 0.271 e. The van der Waals surface area contributed by atoms with E-state index in [0.717, 1.165) is 0 Å². The molecule has 7 nitrogen and oxygen atoms in total. The van der Waals surface area contributed by atoms with Crippen LogP contribution < -0.4 is 5.43 Å². The molecule has 0 saturated heterocycles. The van der Waals surface area contributed by atoms with Crippen LogP contribution in [-0.4, -0.2) is 17.3 Å². The normalized spacial score (nSPS) is 12.0. The topological polar surface area (TPSA) is 102 Å². The van der Waals surface area contributed by atoms with Crippen molar-refractivity contribution in [3.05, 3.63) is 64.7 Å². The first-order chi connectivity index (χ1) is 10.4. The Labute approximate surface area is 134 Å². The molecule has 114 valence electrons. The van der Waals surface area contributed by atoms with Gasteiger partial charge in [0.25, 0.3) is 5.69 Å². The zero-order valence-electron chi connectivity index (χ0n) is 11.0. The van der Waals surface area contributed by atoms with Gasteiger partial charge in [0, 0.05) is 12.1 Å². The third-order valence-electron chi connectivity index (χ3n) is 2.61. The molecule has 2 aromatic carbocycles. The van der Waals surface area contributed by atoms with E-state index in [1.165, 1.54) is 36.4 Å². The first-order valence-electron chi connectivity index (χ1n) is 5.95. The minimum absolute atomic E-state index is 0.0893. The van der Waals surface area contributed by atoms with Gasteiger partial charge in [-0.3, -0.25) is 15.5 Å². The molecule has 0 atom stereocenters. The molecule has 0 heterocycles. The van der Waals surface area contributed by atoms with Crippen LogP contribution in [0.25, 0.3) is 0 Å². The average Bonchev–Trinajstić information content (AvgIpc) is 2.53. The van der Waals surface area contributed by atoms with E-state index in [-0.39, 0.29) is 14.5 Å². The molecule has 9 heteroatoms. The van der Waals surface area contributed by atoms with Crippen LogP contribution in [0.1, 0.15) is 0 Å². The number of halogens is 1. The van der Waals surface area contributed by atoms with Crippen LogP contribution in [0.3, 0.4) is 0 Å². The molecular formula is C13H10BrN3O4S. The van der Waals surface area contributed by atoms with Crippen LogP contribution in [0.5, 0.6) is 0 Å². The van der Waals surface area contributed by atoms with Gasteiger partial charge in [-0.25, -0.2) is 8.42 Å². The van der Waals surface area contributed by atoms with Crippen molar-refractivity contribution in [1.29, 1.82) is 0 Å². The highest BCUT2D eigenvalue weighted by Gasteiger charge is 2.20. The molecule has 0 bridgehead atoms. The van der Waals surface area contributed by atoms with Crippen LogP contribution in [0.15, 0.2) is 64.6 Å². The molecular weight excluding hydrogens is 374 g/mol. The SMILES string of the molecule is O=[N+]([O-])c1cccc(N/N=C(/Br)S(=O)(=O)c2ccccc2)c1. The van der Waals surface area contributed by atoms with E-state index in [0.29, 0.717) is 5.69 Å². The molecule has 0 spiro atoms. The Morgan fingerprint density at radius 1 is 1.14 bits per heavy atom. The molecule has 2 rings (SSSR count). The molecule has 0 aliphatic carbocycles. The Hall–Kier alpha value is -2.26. The largest absolute Gasteiger partial charge is 0.276 e. The smallest absolute Gasteiger partial charge is 0.271 e. The maximum absolute atomic E-state index is 12.2. The van der Waals surface area contributed by atoms with Crippen LogP contribution >= 0.6 is 15.9 Å². The number of rotatable bonds is 4. The quantitative estimate of drug-likeness (QED) is 0.378.